The van der Waals surface area contributed by atoms with Crippen LogP contribution in [0.3, 0.4) is 0 Å². The molecule has 1 aliphatic rings. The van der Waals surface area contributed by atoms with Gasteiger partial charge in [0.1, 0.15) is 0 Å². The molecular formula is C6H2O7. The first-order valence-electron chi connectivity index (χ1n) is 2.72. The predicted molar refractivity (Wildman–Crippen MR) is 33.7 cm³/mol. The third kappa shape index (κ3) is 1.32. The van der Waals surface area contributed by atoms with Crippen molar-refractivity contribution in [2.24, 2.45) is 0 Å². The Balaban J connectivity index is 0.00000144. The van der Waals surface area contributed by atoms with Crippen LogP contribution in [-0.4, -0.2) is 40.2 Å². The summed E-state index contributed by atoms with van der Waals surface area (Å²) in [4.78, 5) is 62.4. The first-order valence-corrected chi connectivity index (χ1v) is 2.72. The average Bonchev–Trinajstić information content (AvgIpc) is 2.08. The van der Waals surface area contributed by atoms with Gasteiger partial charge in [-0.1, -0.05) is 0 Å². The monoisotopic (exact) mass is 186 g/mol. The standard InChI is InChI=1S/C6O6.H2O/c7-1-2(8)4(10)6(12)5(11)3(1)9;/h;1H2. The highest BCUT2D eigenvalue weighted by atomic mass is 16.2. The van der Waals surface area contributed by atoms with Crippen molar-refractivity contribution in [2.75, 3.05) is 0 Å². The summed E-state index contributed by atoms with van der Waals surface area (Å²) in [6, 6.07) is 0. The lowest BCUT2D eigenvalue weighted by Gasteiger charge is -2.01. The Kier molecular flexibility index (Phi) is 2.66. The first-order chi connectivity index (χ1) is 5.46. The Morgan fingerprint density at radius 3 is 0.538 bits per heavy atom. The molecule has 0 radical (unpaired) electrons. The maximum absolute atomic E-state index is 10.4. The van der Waals surface area contributed by atoms with Crippen LogP contribution in [0.1, 0.15) is 0 Å². The smallest absolute Gasteiger partial charge is 0.281 e. The second-order valence-corrected chi connectivity index (χ2v) is 1.97. The third-order valence-corrected chi connectivity index (χ3v) is 1.24. The van der Waals surface area contributed by atoms with Crippen molar-refractivity contribution in [3.05, 3.63) is 0 Å². The summed E-state index contributed by atoms with van der Waals surface area (Å²) in [6.45, 7) is 0. The Labute approximate surface area is 70.0 Å². The van der Waals surface area contributed by atoms with Crippen molar-refractivity contribution in [3.63, 3.8) is 0 Å². The Bertz CT molecular complexity index is 244. The van der Waals surface area contributed by atoms with Crippen molar-refractivity contribution in [1.82, 2.24) is 0 Å². The predicted octanol–water partition coefficient (Wildman–Crippen LogP) is -3.41. The van der Waals surface area contributed by atoms with Crippen LogP contribution in [0.4, 0.5) is 0 Å². The minimum Gasteiger partial charge on any atom is -0.412 e. The molecule has 2 N–H and O–H groups in total. The van der Waals surface area contributed by atoms with Crippen LogP contribution in [0.25, 0.3) is 0 Å². The average molecular weight is 186 g/mol. The molecule has 1 rings (SSSR count). The van der Waals surface area contributed by atoms with Crippen LogP contribution in [0, 0.1) is 0 Å². The summed E-state index contributed by atoms with van der Waals surface area (Å²) in [5.41, 5.74) is 0. The number of hydrogen-bond acceptors (Lipinski definition) is 6. The molecule has 7 heteroatoms. The van der Waals surface area contributed by atoms with Gasteiger partial charge in [-0.05, 0) is 0 Å². The van der Waals surface area contributed by atoms with E-state index in [-0.39, 0.29) is 5.48 Å². The Morgan fingerprint density at radius 1 is 0.385 bits per heavy atom. The second-order valence-electron chi connectivity index (χ2n) is 1.97. The van der Waals surface area contributed by atoms with Gasteiger partial charge < -0.3 is 5.48 Å². The van der Waals surface area contributed by atoms with Gasteiger partial charge in [0.05, 0.1) is 0 Å². The van der Waals surface area contributed by atoms with E-state index >= 15 is 0 Å². The molecular weight excluding hydrogens is 184 g/mol. The normalized spacial score (nSPS) is 17.5. The summed E-state index contributed by atoms with van der Waals surface area (Å²) in [5.74, 6) is -10.4. The molecule has 68 valence electrons. The number of carbonyl (C=O) groups is 6. The zero-order chi connectivity index (χ0) is 9.46. The fourth-order valence-corrected chi connectivity index (χ4v) is 0.619. The number of ketones is 6. The van der Waals surface area contributed by atoms with E-state index in [1.807, 2.05) is 0 Å². The van der Waals surface area contributed by atoms with E-state index in [9.17, 15) is 28.8 Å². The zero-order valence-corrected chi connectivity index (χ0v) is 5.95. The van der Waals surface area contributed by atoms with Crippen molar-refractivity contribution < 1.29 is 34.2 Å². The van der Waals surface area contributed by atoms with Gasteiger partial charge in [0.25, 0.3) is 34.7 Å². The molecule has 0 aromatic heterocycles. The molecule has 0 unspecified atom stereocenters. The molecule has 0 aromatic rings. The van der Waals surface area contributed by atoms with Crippen molar-refractivity contribution in [2.45, 2.75) is 0 Å². The fraction of sp³-hybridized carbons (Fsp3) is 0. The van der Waals surface area contributed by atoms with Gasteiger partial charge in [-0.3, -0.25) is 28.8 Å². The molecule has 1 aliphatic carbocycles. The third-order valence-electron chi connectivity index (χ3n) is 1.24. The van der Waals surface area contributed by atoms with E-state index in [4.69, 9.17) is 0 Å². The van der Waals surface area contributed by atoms with E-state index in [2.05, 4.69) is 0 Å². The largest absolute Gasteiger partial charge is 0.412 e. The highest BCUT2D eigenvalue weighted by molar-refractivity contribution is 7.08. The number of carbonyl (C=O) groups excluding carboxylic acids is 6. The van der Waals surface area contributed by atoms with Crippen LogP contribution < -0.4 is 0 Å². The molecule has 13 heavy (non-hydrogen) atoms. The summed E-state index contributed by atoms with van der Waals surface area (Å²) >= 11 is 0. The topological polar surface area (TPSA) is 134 Å². The Hall–Kier alpha value is -2.02. The van der Waals surface area contributed by atoms with Crippen LogP contribution in [0.5, 0.6) is 0 Å². The molecule has 0 heterocycles. The van der Waals surface area contributed by atoms with Gasteiger partial charge in [-0.25, -0.2) is 0 Å². The molecule has 0 aromatic carbocycles. The zero-order valence-electron chi connectivity index (χ0n) is 5.95. The highest BCUT2D eigenvalue weighted by Crippen LogP contribution is 1.96. The van der Waals surface area contributed by atoms with E-state index < -0.39 is 34.7 Å². The molecule has 0 bridgehead atoms. The molecule has 1 saturated carbocycles. The maximum atomic E-state index is 10.4. The highest BCUT2D eigenvalue weighted by Gasteiger charge is 2.47. The molecule has 7 nitrogen and oxygen atoms in total. The summed E-state index contributed by atoms with van der Waals surface area (Å²) < 4.78 is 0. The number of Topliss-reactive ketones (excluding diaryl/α,β-unsaturated/α-hetero) is 6. The van der Waals surface area contributed by atoms with Crippen LogP contribution >= 0.6 is 0 Å². The van der Waals surface area contributed by atoms with E-state index in [0.29, 0.717) is 0 Å². The lowest BCUT2D eigenvalue weighted by atomic mass is 9.93. The number of hydrogen-bond donors (Lipinski definition) is 0. The van der Waals surface area contributed by atoms with Gasteiger partial charge in [-0.15, -0.1) is 0 Å². The number of rotatable bonds is 0. The lowest BCUT2D eigenvalue weighted by molar-refractivity contribution is -0.158. The molecule has 0 atom stereocenters. The van der Waals surface area contributed by atoms with Crippen LogP contribution in [0.2, 0.25) is 0 Å². The first kappa shape index (κ1) is 11.0. The van der Waals surface area contributed by atoms with E-state index in [0.717, 1.165) is 0 Å². The molecule has 0 saturated heterocycles. The minimum absolute atomic E-state index is 0. The fourth-order valence-electron chi connectivity index (χ4n) is 0.619. The molecule has 0 aliphatic heterocycles. The van der Waals surface area contributed by atoms with E-state index in [1.54, 1.807) is 0 Å². The molecule has 1 fully saturated rings. The van der Waals surface area contributed by atoms with Gasteiger partial charge in [0.15, 0.2) is 0 Å². The maximum Gasteiger partial charge on any atom is 0.281 e. The second kappa shape index (κ2) is 3.15. The molecule has 0 spiro atoms. The molecule has 0 amide bonds. The van der Waals surface area contributed by atoms with Crippen molar-refractivity contribution >= 4 is 34.7 Å². The van der Waals surface area contributed by atoms with Gasteiger partial charge >= 0.3 is 0 Å². The van der Waals surface area contributed by atoms with Crippen LogP contribution in [-0.2, 0) is 28.8 Å². The lowest BCUT2D eigenvalue weighted by Crippen LogP contribution is -2.49. The minimum atomic E-state index is -1.73. The summed E-state index contributed by atoms with van der Waals surface area (Å²) in [6.07, 6.45) is 0. The van der Waals surface area contributed by atoms with Crippen molar-refractivity contribution in [3.8, 4) is 0 Å². The van der Waals surface area contributed by atoms with Gasteiger partial charge in [-0.2, -0.15) is 0 Å². The van der Waals surface area contributed by atoms with Gasteiger partial charge in [0.2, 0.25) is 0 Å². The summed E-state index contributed by atoms with van der Waals surface area (Å²) in [7, 11) is 0. The van der Waals surface area contributed by atoms with Gasteiger partial charge in [0, 0.05) is 0 Å². The Morgan fingerprint density at radius 2 is 0.462 bits per heavy atom. The summed E-state index contributed by atoms with van der Waals surface area (Å²) in [5, 5.41) is 0. The van der Waals surface area contributed by atoms with Crippen LogP contribution in [0.15, 0.2) is 0 Å². The SMILES string of the molecule is O.O=C1C(=O)C(=O)C(=O)C(=O)C1=O. The van der Waals surface area contributed by atoms with Crippen molar-refractivity contribution in [1.29, 1.82) is 0 Å². The quantitative estimate of drug-likeness (QED) is 0.361. The van der Waals surface area contributed by atoms with E-state index in [1.165, 1.54) is 0 Å².